The van der Waals surface area contributed by atoms with Gasteiger partial charge >= 0.3 is 0 Å². The second kappa shape index (κ2) is 4.27. The van der Waals surface area contributed by atoms with Gasteiger partial charge in [0.2, 0.25) is 0 Å². The Bertz CT molecular complexity index is 330. The summed E-state index contributed by atoms with van der Waals surface area (Å²) in [6.45, 7) is 5.57. The lowest BCUT2D eigenvalue weighted by molar-refractivity contribution is 0.184. The van der Waals surface area contributed by atoms with Gasteiger partial charge in [-0.25, -0.2) is 8.78 Å². The molecule has 0 amide bonds. The van der Waals surface area contributed by atoms with Crippen molar-refractivity contribution in [1.82, 2.24) is 0 Å². The molecule has 0 heterocycles. The van der Waals surface area contributed by atoms with Crippen LogP contribution in [-0.2, 0) is 16.8 Å². The van der Waals surface area contributed by atoms with Gasteiger partial charge in [-0.1, -0.05) is 20.8 Å². The molecule has 1 rings (SSSR count). The van der Waals surface area contributed by atoms with Crippen LogP contribution in [0.5, 0.6) is 0 Å². The van der Waals surface area contributed by atoms with Crippen LogP contribution in [0.25, 0.3) is 0 Å². The van der Waals surface area contributed by atoms with Crippen molar-refractivity contribution in [1.29, 1.82) is 0 Å². The molecular weight excluding hydrogens is 198 g/mol. The molecule has 84 valence electrons. The summed E-state index contributed by atoms with van der Waals surface area (Å²) in [5.74, 6) is -1.01. The summed E-state index contributed by atoms with van der Waals surface area (Å²) in [4.78, 5) is 0. The Morgan fingerprint density at radius 1 is 1.13 bits per heavy atom. The van der Waals surface area contributed by atoms with E-state index in [9.17, 15) is 8.78 Å². The maximum atomic E-state index is 13.6. The summed E-state index contributed by atoms with van der Waals surface area (Å²) in [6.07, 6.45) is 0. The maximum Gasteiger partial charge on any atom is 0.130 e. The first kappa shape index (κ1) is 12.1. The zero-order valence-electron chi connectivity index (χ0n) is 9.53. The van der Waals surface area contributed by atoms with E-state index in [0.717, 1.165) is 0 Å². The molecule has 0 aliphatic rings. The highest BCUT2D eigenvalue weighted by Gasteiger charge is 2.23. The van der Waals surface area contributed by atoms with Crippen molar-refractivity contribution < 1.29 is 13.5 Å². The first-order chi connectivity index (χ1) is 6.86. The van der Waals surface area contributed by atoms with Crippen LogP contribution in [0.1, 0.15) is 31.9 Å². The van der Waals surface area contributed by atoms with Crippen LogP contribution in [0.2, 0.25) is 0 Å². The Hall–Kier alpha value is -0.960. The van der Waals surface area contributed by atoms with Crippen LogP contribution in [0.4, 0.5) is 8.78 Å². The van der Waals surface area contributed by atoms with E-state index in [1.807, 2.05) is 0 Å². The topological polar surface area (TPSA) is 9.23 Å². The standard InChI is InChI=1S/C12H16F2O/c1-12(2,3)11-9(13)5-8(7-15-4)6-10(11)14/h5-6H,7H2,1-4H3. The number of methoxy groups -OCH3 is 1. The predicted molar refractivity (Wildman–Crippen MR) is 55.8 cm³/mol. The van der Waals surface area contributed by atoms with Crippen molar-refractivity contribution in [2.75, 3.05) is 7.11 Å². The van der Waals surface area contributed by atoms with E-state index in [-0.39, 0.29) is 12.2 Å². The highest BCUT2D eigenvalue weighted by atomic mass is 19.1. The third kappa shape index (κ3) is 2.75. The fourth-order valence-corrected chi connectivity index (χ4v) is 1.59. The molecule has 0 spiro atoms. The Morgan fingerprint density at radius 2 is 1.60 bits per heavy atom. The molecule has 0 saturated carbocycles. The SMILES string of the molecule is COCc1cc(F)c(C(C)(C)C)c(F)c1. The normalized spacial score (nSPS) is 11.9. The highest BCUT2D eigenvalue weighted by Crippen LogP contribution is 2.28. The van der Waals surface area contributed by atoms with Gasteiger partial charge in [0.15, 0.2) is 0 Å². The lowest BCUT2D eigenvalue weighted by Crippen LogP contribution is -2.16. The molecule has 1 nitrogen and oxygen atoms in total. The largest absolute Gasteiger partial charge is 0.380 e. The van der Waals surface area contributed by atoms with Gasteiger partial charge in [0.05, 0.1) is 6.61 Å². The lowest BCUT2D eigenvalue weighted by atomic mass is 9.85. The summed E-state index contributed by atoms with van der Waals surface area (Å²) in [5.41, 5.74) is 0.114. The van der Waals surface area contributed by atoms with E-state index in [1.54, 1.807) is 20.8 Å². The van der Waals surface area contributed by atoms with E-state index in [0.29, 0.717) is 5.56 Å². The minimum absolute atomic E-state index is 0.127. The Labute approximate surface area is 89.1 Å². The van der Waals surface area contributed by atoms with Crippen molar-refractivity contribution >= 4 is 0 Å². The number of benzene rings is 1. The van der Waals surface area contributed by atoms with Crippen molar-refractivity contribution in [2.24, 2.45) is 0 Å². The Morgan fingerprint density at radius 3 is 1.93 bits per heavy atom. The molecule has 0 atom stereocenters. The third-order valence-electron chi connectivity index (χ3n) is 2.16. The van der Waals surface area contributed by atoms with Gasteiger partial charge in [0.1, 0.15) is 11.6 Å². The van der Waals surface area contributed by atoms with Crippen molar-refractivity contribution in [3.63, 3.8) is 0 Å². The van der Waals surface area contributed by atoms with Crippen molar-refractivity contribution in [2.45, 2.75) is 32.8 Å². The molecule has 0 saturated heterocycles. The van der Waals surface area contributed by atoms with Crippen molar-refractivity contribution in [3.05, 3.63) is 34.9 Å². The number of ether oxygens (including phenoxy) is 1. The number of hydrogen-bond acceptors (Lipinski definition) is 1. The van der Waals surface area contributed by atoms with Crippen LogP contribution < -0.4 is 0 Å². The quantitative estimate of drug-likeness (QED) is 0.733. The Kier molecular flexibility index (Phi) is 3.45. The molecule has 1 aromatic rings. The first-order valence-electron chi connectivity index (χ1n) is 4.83. The molecular formula is C12H16F2O. The lowest BCUT2D eigenvalue weighted by Gasteiger charge is -2.21. The van der Waals surface area contributed by atoms with Gasteiger partial charge in [-0.3, -0.25) is 0 Å². The molecule has 0 N–H and O–H groups in total. The average Bonchev–Trinajstić information content (AvgIpc) is 1.99. The van der Waals surface area contributed by atoms with Crippen LogP contribution >= 0.6 is 0 Å². The molecule has 0 radical (unpaired) electrons. The fourth-order valence-electron chi connectivity index (χ4n) is 1.59. The second-order valence-corrected chi connectivity index (χ2v) is 4.62. The molecule has 0 aliphatic carbocycles. The average molecular weight is 214 g/mol. The first-order valence-corrected chi connectivity index (χ1v) is 4.83. The highest BCUT2D eigenvalue weighted by molar-refractivity contribution is 5.30. The minimum atomic E-state index is -0.528. The summed E-state index contributed by atoms with van der Waals surface area (Å²) in [7, 11) is 1.49. The van der Waals surface area contributed by atoms with Gasteiger partial charge in [-0.05, 0) is 23.1 Å². The molecule has 0 unspecified atom stereocenters. The summed E-state index contributed by atoms with van der Waals surface area (Å²) >= 11 is 0. The zero-order chi connectivity index (χ0) is 11.6. The van der Waals surface area contributed by atoms with E-state index >= 15 is 0 Å². The molecule has 0 aromatic heterocycles. The number of hydrogen-bond donors (Lipinski definition) is 0. The smallest absolute Gasteiger partial charge is 0.130 e. The predicted octanol–water partition coefficient (Wildman–Crippen LogP) is 3.41. The number of halogens is 2. The van der Waals surface area contributed by atoms with E-state index < -0.39 is 17.0 Å². The summed E-state index contributed by atoms with van der Waals surface area (Å²) < 4.78 is 32.1. The van der Waals surface area contributed by atoms with Crippen LogP contribution in [0, 0.1) is 11.6 Å². The van der Waals surface area contributed by atoms with Crippen molar-refractivity contribution in [3.8, 4) is 0 Å². The zero-order valence-corrected chi connectivity index (χ0v) is 9.53. The molecule has 0 fully saturated rings. The van der Waals surface area contributed by atoms with Gasteiger partial charge in [0, 0.05) is 12.7 Å². The van der Waals surface area contributed by atoms with Gasteiger partial charge < -0.3 is 4.74 Å². The Balaban J connectivity index is 3.22. The van der Waals surface area contributed by atoms with Gasteiger partial charge in [0.25, 0.3) is 0 Å². The fraction of sp³-hybridized carbons (Fsp3) is 0.500. The van der Waals surface area contributed by atoms with E-state index in [1.165, 1.54) is 19.2 Å². The van der Waals surface area contributed by atoms with Gasteiger partial charge in [-0.2, -0.15) is 0 Å². The van der Waals surface area contributed by atoms with E-state index in [2.05, 4.69) is 0 Å². The monoisotopic (exact) mass is 214 g/mol. The molecule has 3 heteroatoms. The minimum Gasteiger partial charge on any atom is -0.380 e. The third-order valence-corrected chi connectivity index (χ3v) is 2.16. The molecule has 15 heavy (non-hydrogen) atoms. The molecule has 1 aromatic carbocycles. The van der Waals surface area contributed by atoms with Crippen LogP contribution in [0.15, 0.2) is 12.1 Å². The summed E-state index contributed by atoms with van der Waals surface area (Å²) in [5, 5.41) is 0. The molecule has 0 aliphatic heterocycles. The van der Waals surface area contributed by atoms with Gasteiger partial charge in [-0.15, -0.1) is 0 Å². The van der Waals surface area contributed by atoms with Crippen LogP contribution in [-0.4, -0.2) is 7.11 Å². The van der Waals surface area contributed by atoms with E-state index in [4.69, 9.17) is 4.74 Å². The second-order valence-electron chi connectivity index (χ2n) is 4.62. The maximum absolute atomic E-state index is 13.6. The number of rotatable bonds is 2. The van der Waals surface area contributed by atoms with Crippen LogP contribution in [0.3, 0.4) is 0 Å². The molecule has 0 bridgehead atoms. The summed E-state index contributed by atoms with van der Waals surface area (Å²) in [6, 6.07) is 2.65.